The summed E-state index contributed by atoms with van der Waals surface area (Å²) in [7, 11) is -3.55. The van der Waals surface area contributed by atoms with Gasteiger partial charge in [-0.1, -0.05) is 86.9 Å². The van der Waals surface area contributed by atoms with Gasteiger partial charge in [0.2, 0.25) is 0 Å². The van der Waals surface area contributed by atoms with E-state index in [4.69, 9.17) is 0 Å². The van der Waals surface area contributed by atoms with Crippen molar-refractivity contribution in [3.05, 3.63) is 79.9 Å². The molecule has 0 atom stereocenters. The highest BCUT2D eigenvalue weighted by Crippen LogP contribution is 2.37. The zero-order valence-electron chi connectivity index (χ0n) is 26.1. The molecule has 3 rings (SSSR count). The van der Waals surface area contributed by atoms with E-state index in [9.17, 15) is 20.4 Å². The number of aromatic hydroxyl groups is 4. The molecule has 4 N–H and O–H groups in total. The Morgan fingerprint density at radius 1 is 0.429 bits per heavy atom. The summed E-state index contributed by atoms with van der Waals surface area (Å²) in [5.41, 5.74) is 11.1. The first kappa shape index (κ1) is 32.1. The van der Waals surface area contributed by atoms with Crippen LogP contribution in [0, 0.1) is 74.3 Å². The molecule has 4 nitrogen and oxygen atoms in total. The maximum atomic E-state index is 11.0. The maximum absolute atomic E-state index is 11.0. The predicted molar refractivity (Wildman–Crippen MR) is 177 cm³/mol. The Labute approximate surface area is 252 Å². The molecule has 0 spiro atoms. The average Bonchev–Trinajstić information content (AvgIpc) is 2.91. The topological polar surface area (TPSA) is 80.9 Å². The van der Waals surface area contributed by atoms with Gasteiger partial charge in [-0.2, -0.15) is 0 Å². The van der Waals surface area contributed by atoms with Crippen molar-refractivity contribution < 1.29 is 20.4 Å². The molecule has 0 saturated heterocycles. The molecule has 0 aromatic heterocycles. The van der Waals surface area contributed by atoms with Crippen LogP contribution in [0.25, 0.3) is 0 Å². The number of rotatable bonds is 0. The second kappa shape index (κ2) is 12.2. The van der Waals surface area contributed by atoms with E-state index in [2.05, 4.69) is 85.9 Å². The van der Waals surface area contributed by atoms with E-state index in [0.29, 0.717) is 44.5 Å². The summed E-state index contributed by atoms with van der Waals surface area (Å²) >= 11 is 0. The number of phenolic OH excluding ortho intramolecular Hbond substituents is 4. The van der Waals surface area contributed by atoms with Gasteiger partial charge in [0.25, 0.3) is 0 Å². The number of hydrogen-bond acceptors (Lipinski definition) is 4. The lowest BCUT2D eigenvalue weighted by atomic mass is 9.96. The molecule has 0 saturated carbocycles. The van der Waals surface area contributed by atoms with Crippen LogP contribution in [-0.2, 0) is 0 Å². The second-order valence-electron chi connectivity index (χ2n) is 12.4. The third kappa shape index (κ3) is 7.23. The van der Waals surface area contributed by atoms with Crippen LogP contribution < -0.4 is 0 Å². The number of benzene rings is 3. The summed E-state index contributed by atoms with van der Waals surface area (Å²) in [5.74, 6) is 18.5. The Morgan fingerprint density at radius 3 is 0.952 bits per heavy atom. The van der Waals surface area contributed by atoms with Crippen LogP contribution in [0.5, 0.6) is 23.0 Å². The van der Waals surface area contributed by atoms with Crippen LogP contribution in [0.1, 0.15) is 55.6 Å². The lowest BCUT2D eigenvalue weighted by Gasteiger charge is -2.12. The van der Waals surface area contributed by atoms with Gasteiger partial charge in [-0.25, -0.2) is 0 Å². The highest BCUT2D eigenvalue weighted by molar-refractivity contribution is 6.84. The van der Waals surface area contributed by atoms with Crippen molar-refractivity contribution in [1.82, 2.24) is 0 Å². The highest BCUT2D eigenvalue weighted by Gasteiger charge is 2.19. The molecule has 214 valence electrons. The summed E-state index contributed by atoms with van der Waals surface area (Å²) in [5, 5.41) is 43.8. The molecule has 0 amide bonds. The molecule has 3 aromatic carbocycles. The number of phenols is 4. The van der Waals surface area contributed by atoms with Crippen molar-refractivity contribution in [3.8, 4) is 69.6 Å². The zero-order valence-corrected chi connectivity index (χ0v) is 28.1. The third-order valence-electron chi connectivity index (χ3n) is 6.69. The van der Waals surface area contributed by atoms with Gasteiger partial charge in [0.15, 0.2) is 0 Å². The molecule has 0 bridgehead atoms. The van der Waals surface area contributed by atoms with Crippen molar-refractivity contribution >= 4 is 16.1 Å². The lowest BCUT2D eigenvalue weighted by molar-refractivity contribution is 0.450. The fraction of sp³-hybridized carbons (Fsp3) is 0.278. The normalized spacial score (nSPS) is 10.7. The monoisotopic (exact) mass is 590 g/mol. The van der Waals surface area contributed by atoms with Crippen molar-refractivity contribution in [2.75, 3.05) is 0 Å². The first-order valence-corrected chi connectivity index (χ1v) is 20.7. The Bertz CT molecular complexity index is 1700. The zero-order chi connectivity index (χ0) is 31.6. The largest absolute Gasteiger partial charge is 0.506 e. The molecule has 0 aliphatic heterocycles. The molecule has 0 heterocycles. The van der Waals surface area contributed by atoms with Gasteiger partial charge in [-0.3, -0.25) is 0 Å². The lowest BCUT2D eigenvalue weighted by Crippen LogP contribution is -2.16. The van der Waals surface area contributed by atoms with Crippen LogP contribution in [-0.4, -0.2) is 36.6 Å². The van der Waals surface area contributed by atoms with E-state index < -0.39 is 16.1 Å². The van der Waals surface area contributed by atoms with E-state index in [1.54, 1.807) is 27.7 Å². The molecule has 0 radical (unpaired) electrons. The van der Waals surface area contributed by atoms with E-state index in [1.807, 2.05) is 24.3 Å². The molecule has 0 aliphatic carbocycles. The summed E-state index contributed by atoms with van der Waals surface area (Å²) in [4.78, 5) is 0. The highest BCUT2D eigenvalue weighted by atomic mass is 28.3. The predicted octanol–water partition coefficient (Wildman–Crippen LogP) is 7.00. The molecule has 42 heavy (non-hydrogen) atoms. The van der Waals surface area contributed by atoms with Crippen LogP contribution in [0.3, 0.4) is 0 Å². The van der Waals surface area contributed by atoms with Crippen molar-refractivity contribution in [2.24, 2.45) is 0 Å². The summed E-state index contributed by atoms with van der Waals surface area (Å²) in [6.45, 7) is 19.6. The fourth-order valence-electron chi connectivity index (χ4n) is 3.88. The molecular weight excluding hydrogens is 553 g/mol. The van der Waals surface area contributed by atoms with E-state index in [0.717, 1.165) is 0 Å². The molecule has 3 aromatic rings. The average molecular weight is 591 g/mol. The van der Waals surface area contributed by atoms with Gasteiger partial charge in [0, 0.05) is 11.1 Å². The van der Waals surface area contributed by atoms with Crippen LogP contribution in [0.2, 0.25) is 39.3 Å². The SMILES string of the molecule is Cc1c(C)c(O)c(C#C[Si](C)(C)C)c(C#Cc2ccccc2C#Cc2c(O)c(C)c(C)c(O)c2C#C[Si](C)(C)C)c1O. The molecule has 0 aliphatic rings. The minimum Gasteiger partial charge on any atom is -0.506 e. The minimum absolute atomic E-state index is 0.0117. The fourth-order valence-corrected chi connectivity index (χ4v) is 4.88. The van der Waals surface area contributed by atoms with Gasteiger partial charge in [0.1, 0.15) is 39.1 Å². The van der Waals surface area contributed by atoms with E-state index >= 15 is 0 Å². The second-order valence-corrected chi connectivity index (χ2v) is 21.9. The smallest absolute Gasteiger partial charge is 0.135 e. The Hall–Kier alpha value is -4.47. The Balaban J connectivity index is 2.24. The first-order chi connectivity index (χ1) is 19.4. The third-order valence-corrected chi connectivity index (χ3v) is 8.44. The van der Waals surface area contributed by atoms with E-state index in [1.165, 1.54) is 0 Å². The molecule has 0 unspecified atom stereocenters. The maximum Gasteiger partial charge on any atom is 0.135 e. The Morgan fingerprint density at radius 2 is 0.690 bits per heavy atom. The van der Waals surface area contributed by atoms with Crippen LogP contribution in [0.4, 0.5) is 0 Å². The molecule has 0 fully saturated rings. The van der Waals surface area contributed by atoms with E-state index in [-0.39, 0.29) is 34.1 Å². The van der Waals surface area contributed by atoms with Gasteiger partial charge >= 0.3 is 0 Å². The van der Waals surface area contributed by atoms with Gasteiger partial charge in [0.05, 0.1) is 22.3 Å². The van der Waals surface area contributed by atoms with Gasteiger partial charge in [-0.15, -0.1) is 11.1 Å². The molecular formula is C36H38O4Si2. The minimum atomic E-state index is -1.78. The van der Waals surface area contributed by atoms with Gasteiger partial charge in [-0.05, 0) is 62.1 Å². The first-order valence-electron chi connectivity index (χ1n) is 13.7. The van der Waals surface area contributed by atoms with Gasteiger partial charge < -0.3 is 20.4 Å². The molecule has 6 heteroatoms. The summed E-state index contributed by atoms with van der Waals surface area (Å²) in [6.07, 6.45) is 0. The standard InChI is InChI=1S/C36H38O4Si2/c1-23-25(3)35(39)31(19-21-41(5,6)7)29(33(23)37)17-15-27-13-11-12-14-28(27)16-18-30-32(20-22-42(8,9)10)36(40)26(4)24(2)34(30)38/h11-14,37-40H,1-10H3. The Kier molecular flexibility index (Phi) is 9.30. The van der Waals surface area contributed by atoms with Crippen molar-refractivity contribution in [3.63, 3.8) is 0 Å². The summed E-state index contributed by atoms with van der Waals surface area (Å²) < 4.78 is 0. The summed E-state index contributed by atoms with van der Waals surface area (Å²) in [6, 6.07) is 7.30. The van der Waals surface area contributed by atoms with Crippen molar-refractivity contribution in [1.29, 1.82) is 0 Å². The quantitative estimate of drug-likeness (QED) is 0.129. The van der Waals surface area contributed by atoms with Crippen molar-refractivity contribution in [2.45, 2.75) is 67.0 Å². The number of hydrogen-bond donors (Lipinski definition) is 4. The van der Waals surface area contributed by atoms with Crippen LogP contribution in [0.15, 0.2) is 24.3 Å². The van der Waals surface area contributed by atoms with Crippen LogP contribution >= 0.6 is 0 Å².